The Morgan fingerprint density at radius 3 is 1.84 bits per heavy atom. The van der Waals surface area contributed by atoms with Crippen molar-refractivity contribution in [3.05, 3.63) is 11.1 Å². The number of ether oxygens (including phenoxy) is 6. The van der Waals surface area contributed by atoms with Gasteiger partial charge in [0.2, 0.25) is 0 Å². The Labute approximate surface area is 250 Å². The van der Waals surface area contributed by atoms with Gasteiger partial charge in [0.25, 0.3) is 0 Å². The maximum atomic E-state index is 13.0. The number of hydrogen-bond donors (Lipinski definition) is 2. The predicted molar refractivity (Wildman–Crippen MR) is 145 cm³/mol. The lowest BCUT2D eigenvalue weighted by Crippen LogP contribution is -2.79. The van der Waals surface area contributed by atoms with E-state index in [9.17, 15) is 34.2 Å². The maximum absolute atomic E-state index is 13.0. The zero-order valence-corrected chi connectivity index (χ0v) is 26.0. The highest BCUT2D eigenvalue weighted by molar-refractivity contribution is 5.70. The lowest BCUT2D eigenvalue weighted by Gasteiger charge is -2.65. The Kier molecular flexibility index (Phi) is 8.29. The molecule has 10 atom stereocenters. The summed E-state index contributed by atoms with van der Waals surface area (Å²) in [6, 6.07) is 0. The van der Waals surface area contributed by atoms with Crippen molar-refractivity contribution in [3.63, 3.8) is 0 Å². The van der Waals surface area contributed by atoms with Crippen LogP contribution in [0.5, 0.6) is 0 Å². The average Bonchev–Trinajstić information content (AvgIpc) is 3.10. The smallest absolute Gasteiger partial charge is 0.303 e. The summed E-state index contributed by atoms with van der Waals surface area (Å²) in [5.74, 6) is -4.68. The third-order valence-corrected chi connectivity index (χ3v) is 9.88. The van der Waals surface area contributed by atoms with Crippen molar-refractivity contribution in [3.8, 4) is 0 Å². The van der Waals surface area contributed by atoms with Crippen LogP contribution in [0.3, 0.4) is 0 Å². The summed E-state index contributed by atoms with van der Waals surface area (Å²) in [7, 11) is 0. The first-order chi connectivity index (χ1) is 19.7. The number of carbonyl (C=O) groups excluding carboxylic acids is 5. The minimum Gasteiger partial charge on any atom is -0.462 e. The quantitative estimate of drug-likeness (QED) is 0.250. The van der Waals surface area contributed by atoms with Crippen LogP contribution in [0.2, 0.25) is 0 Å². The van der Waals surface area contributed by atoms with Gasteiger partial charge >= 0.3 is 29.8 Å². The molecule has 13 nitrogen and oxygen atoms in total. The van der Waals surface area contributed by atoms with Crippen LogP contribution >= 0.6 is 0 Å². The van der Waals surface area contributed by atoms with Gasteiger partial charge in [-0.2, -0.15) is 0 Å². The summed E-state index contributed by atoms with van der Waals surface area (Å²) < 4.78 is 35.4. The topological polar surface area (TPSA) is 181 Å². The highest BCUT2D eigenvalue weighted by atomic mass is 16.6. The minimum absolute atomic E-state index is 0.000750. The first kappa shape index (κ1) is 32.9. The highest BCUT2D eigenvalue weighted by Gasteiger charge is 2.80. The molecule has 0 bridgehead atoms. The summed E-state index contributed by atoms with van der Waals surface area (Å²) in [6.45, 7) is 12.0. The number of aliphatic hydroxyl groups is 2. The Morgan fingerprint density at radius 1 is 0.860 bits per heavy atom. The third-order valence-electron chi connectivity index (χ3n) is 9.88. The van der Waals surface area contributed by atoms with Gasteiger partial charge in [-0.05, 0) is 31.9 Å². The number of rotatable bonds is 6. The van der Waals surface area contributed by atoms with Gasteiger partial charge in [0, 0.05) is 47.5 Å². The highest BCUT2D eigenvalue weighted by Crippen LogP contribution is 2.68. The van der Waals surface area contributed by atoms with Gasteiger partial charge in [-0.3, -0.25) is 24.0 Å². The molecule has 13 heteroatoms. The van der Waals surface area contributed by atoms with Crippen LogP contribution in [0.4, 0.5) is 0 Å². The number of hydrogen-bond acceptors (Lipinski definition) is 13. The van der Waals surface area contributed by atoms with Gasteiger partial charge in [-0.1, -0.05) is 6.92 Å². The van der Waals surface area contributed by atoms with Gasteiger partial charge in [0.1, 0.15) is 36.6 Å². The molecule has 3 fully saturated rings. The summed E-state index contributed by atoms with van der Waals surface area (Å²) in [5.41, 5.74) is -6.06. The summed E-state index contributed by atoms with van der Waals surface area (Å²) >= 11 is 0. The molecule has 0 aromatic rings. The molecule has 0 aromatic carbocycles. The van der Waals surface area contributed by atoms with Gasteiger partial charge in [-0.25, -0.2) is 0 Å². The van der Waals surface area contributed by atoms with E-state index in [-0.39, 0.29) is 25.0 Å². The molecule has 0 spiro atoms. The molecule has 240 valence electrons. The first-order valence-electron chi connectivity index (χ1n) is 14.4. The van der Waals surface area contributed by atoms with Crippen LogP contribution in [0.25, 0.3) is 0 Å². The van der Waals surface area contributed by atoms with Crippen molar-refractivity contribution in [2.45, 2.75) is 123 Å². The van der Waals surface area contributed by atoms with E-state index in [4.69, 9.17) is 28.4 Å². The molecular weight excluding hydrogens is 568 g/mol. The number of esters is 5. The second kappa shape index (κ2) is 10.8. The maximum Gasteiger partial charge on any atom is 0.303 e. The zero-order valence-electron chi connectivity index (χ0n) is 26.0. The van der Waals surface area contributed by atoms with Gasteiger partial charge in [0.15, 0.2) is 5.60 Å². The molecular formula is C30H42O13. The van der Waals surface area contributed by atoms with Crippen molar-refractivity contribution in [1.82, 2.24) is 0 Å². The van der Waals surface area contributed by atoms with Crippen LogP contribution in [0.15, 0.2) is 11.1 Å². The monoisotopic (exact) mass is 610 g/mol. The predicted octanol–water partition coefficient (Wildman–Crippen LogP) is 1.29. The van der Waals surface area contributed by atoms with Crippen molar-refractivity contribution < 1.29 is 62.6 Å². The first-order valence-corrected chi connectivity index (χ1v) is 14.4. The average molecular weight is 611 g/mol. The van der Waals surface area contributed by atoms with Crippen LogP contribution in [0.1, 0.15) is 75.2 Å². The van der Waals surface area contributed by atoms with Crippen molar-refractivity contribution >= 4 is 29.8 Å². The lowest BCUT2D eigenvalue weighted by atomic mass is 9.49. The molecule has 1 heterocycles. The number of fused-ring (bicyclic) bond motifs is 4. The van der Waals surface area contributed by atoms with Crippen LogP contribution in [-0.4, -0.2) is 94.5 Å². The van der Waals surface area contributed by atoms with Gasteiger partial charge in [-0.15, -0.1) is 0 Å². The zero-order chi connectivity index (χ0) is 32.4. The second-order valence-electron chi connectivity index (χ2n) is 13.0. The molecule has 4 rings (SSSR count). The largest absolute Gasteiger partial charge is 0.462 e. The van der Waals surface area contributed by atoms with Crippen molar-refractivity contribution in [1.29, 1.82) is 0 Å². The molecule has 1 aliphatic heterocycles. The van der Waals surface area contributed by atoms with Gasteiger partial charge < -0.3 is 38.6 Å². The van der Waals surface area contributed by atoms with E-state index < -0.39 is 94.4 Å². The van der Waals surface area contributed by atoms with Gasteiger partial charge in [0.05, 0.1) is 29.0 Å². The Balaban J connectivity index is 2.18. The molecule has 4 aliphatic rings. The molecule has 1 saturated heterocycles. The Hall–Kier alpha value is -3.03. The summed E-state index contributed by atoms with van der Waals surface area (Å²) in [4.78, 5) is 63.0. The molecule has 3 aliphatic carbocycles. The van der Waals surface area contributed by atoms with E-state index in [1.165, 1.54) is 41.5 Å². The van der Waals surface area contributed by atoms with E-state index in [0.29, 0.717) is 5.57 Å². The third kappa shape index (κ3) is 4.93. The van der Waals surface area contributed by atoms with E-state index >= 15 is 0 Å². The SMILES string of the molecule is CC(=O)O[C@H]1C[C@]2(C(C)(C)O)C(=C1C)[C@@H](O)[C@H](OC(C)=O)[C@]1(C)[C@@H](OC(C)=O)C[C@H]3OC[C@@]3(OC(C)=O)[C@H]1[C@@H]2OC(C)=O. The fourth-order valence-electron chi connectivity index (χ4n) is 8.44. The second-order valence-corrected chi connectivity index (χ2v) is 13.0. The molecule has 0 radical (unpaired) electrons. The fraction of sp³-hybridized carbons (Fsp3) is 0.767. The van der Waals surface area contributed by atoms with E-state index in [2.05, 4.69) is 0 Å². The van der Waals surface area contributed by atoms with E-state index in [0.717, 1.165) is 6.92 Å². The number of carbonyl (C=O) groups is 5. The van der Waals surface area contributed by atoms with Crippen LogP contribution < -0.4 is 0 Å². The van der Waals surface area contributed by atoms with Crippen molar-refractivity contribution in [2.75, 3.05) is 6.61 Å². The molecule has 0 amide bonds. The Bertz CT molecular complexity index is 1250. The molecule has 0 aromatic heterocycles. The normalized spacial score (nSPS) is 40.0. The molecule has 2 saturated carbocycles. The molecule has 2 N–H and O–H groups in total. The van der Waals surface area contributed by atoms with E-state index in [1.807, 2.05) is 0 Å². The molecule has 43 heavy (non-hydrogen) atoms. The van der Waals surface area contributed by atoms with E-state index in [1.54, 1.807) is 13.8 Å². The van der Waals surface area contributed by atoms with Crippen LogP contribution in [0, 0.1) is 16.7 Å². The minimum atomic E-state index is -1.79. The molecule has 0 unspecified atom stereocenters. The van der Waals surface area contributed by atoms with Crippen LogP contribution in [-0.2, 0) is 52.4 Å². The summed E-state index contributed by atoms with van der Waals surface area (Å²) in [5, 5.41) is 24.4. The summed E-state index contributed by atoms with van der Waals surface area (Å²) in [6.07, 6.45) is -7.58. The standard InChI is InChI=1S/C30H42O13/c1-13-19(39-14(2)31)11-29(27(7,8)37)22(13)23(36)25(41-16(4)33)28(9)20(40-15(3)32)10-21-30(12-38-21,43-18(6)35)24(28)26(29)42-17(5)34/h19-21,23-26,36-37H,10-12H2,1-9H3/t19-,20-,21+,23+,24-,25-,26-,28+,29-,30-/m0/s1. The Morgan fingerprint density at radius 2 is 1.40 bits per heavy atom. The fourth-order valence-corrected chi connectivity index (χ4v) is 8.44. The van der Waals surface area contributed by atoms with Crippen molar-refractivity contribution in [2.24, 2.45) is 16.7 Å². The number of aliphatic hydroxyl groups excluding tert-OH is 1. The lowest BCUT2D eigenvalue weighted by molar-refractivity contribution is -0.353.